The van der Waals surface area contributed by atoms with Gasteiger partial charge in [-0.25, -0.2) is 9.97 Å². The Morgan fingerprint density at radius 1 is 1.15 bits per heavy atom. The Kier molecular flexibility index (Phi) is 4.50. The maximum Gasteiger partial charge on any atom is 0.237 e. The monoisotopic (exact) mass is 438 g/mol. The molecule has 0 radical (unpaired) electrons. The Hall–Kier alpha value is -4.00. The van der Waals surface area contributed by atoms with Gasteiger partial charge in [0.25, 0.3) is 0 Å². The van der Waals surface area contributed by atoms with Crippen molar-refractivity contribution in [2.24, 2.45) is 0 Å². The molecule has 1 unspecified atom stereocenters. The van der Waals surface area contributed by atoms with Gasteiger partial charge in [0.05, 0.1) is 46.7 Å². The molecule has 9 nitrogen and oxygen atoms in total. The van der Waals surface area contributed by atoms with Gasteiger partial charge in [-0.1, -0.05) is 24.3 Å². The number of nitrogens with one attached hydrogen (secondary N) is 2. The SMILES string of the molecule is CNC1Nc2cnc(-n3cnc4ccc(C#N)cc43)nc2N1[C@@H]1CC[C@@H](O)c2ccccc21. The lowest BCUT2D eigenvalue weighted by Gasteiger charge is -2.38. The maximum atomic E-state index is 10.5. The molecule has 6 rings (SSSR count). The number of aliphatic hydroxyl groups excluding tert-OH is 1. The summed E-state index contributed by atoms with van der Waals surface area (Å²) in [7, 11) is 1.90. The van der Waals surface area contributed by atoms with Crippen molar-refractivity contribution in [2.45, 2.75) is 31.3 Å². The lowest BCUT2D eigenvalue weighted by atomic mass is 9.85. The van der Waals surface area contributed by atoms with Gasteiger partial charge < -0.3 is 15.3 Å². The molecule has 2 aliphatic rings. The normalized spacial score (nSPS) is 21.4. The van der Waals surface area contributed by atoms with Crippen LogP contribution in [0.15, 0.2) is 55.0 Å². The van der Waals surface area contributed by atoms with Crippen molar-refractivity contribution in [3.05, 3.63) is 71.7 Å². The Bertz CT molecular complexity index is 1410. The highest BCUT2D eigenvalue weighted by atomic mass is 16.3. The predicted octanol–water partition coefficient (Wildman–Crippen LogP) is 2.99. The molecule has 33 heavy (non-hydrogen) atoms. The van der Waals surface area contributed by atoms with Crippen molar-refractivity contribution in [3.63, 3.8) is 0 Å². The topological polar surface area (TPSA) is 115 Å². The summed E-state index contributed by atoms with van der Waals surface area (Å²) in [5.41, 5.74) is 5.03. The van der Waals surface area contributed by atoms with E-state index in [4.69, 9.17) is 4.98 Å². The molecule has 3 N–H and O–H groups in total. The van der Waals surface area contributed by atoms with E-state index in [9.17, 15) is 10.4 Å². The first-order chi connectivity index (χ1) is 16.2. The molecule has 3 atom stereocenters. The van der Waals surface area contributed by atoms with E-state index < -0.39 is 6.10 Å². The van der Waals surface area contributed by atoms with E-state index in [2.05, 4.69) is 37.6 Å². The first kappa shape index (κ1) is 19.7. The molecule has 9 heteroatoms. The van der Waals surface area contributed by atoms with Crippen LogP contribution < -0.4 is 15.5 Å². The third-order valence-corrected chi connectivity index (χ3v) is 6.50. The lowest BCUT2D eigenvalue weighted by molar-refractivity contribution is 0.149. The fourth-order valence-corrected chi connectivity index (χ4v) is 4.93. The molecule has 0 amide bonds. The largest absolute Gasteiger partial charge is 0.388 e. The summed E-state index contributed by atoms with van der Waals surface area (Å²) in [6, 6.07) is 15.7. The smallest absolute Gasteiger partial charge is 0.237 e. The molecule has 0 saturated heterocycles. The molecular weight excluding hydrogens is 416 g/mol. The van der Waals surface area contributed by atoms with Gasteiger partial charge in [0, 0.05) is 0 Å². The predicted molar refractivity (Wildman–Crippen MR) is 124 cm³/mol. The van der Waals surface area contributed by atoms with E-state index in [1.54, 1.807) is 29.2 Å². The standard InChI is InChI=1S/C24H22N8O/c1-26-23-29-18-12-27-24(31-13-28-17-7-6-14(11-25)10-20(17)31)30-22(18)32(23)19-8-9-21(33)16-5-3-2-4-15(16)19/h2-7,10,12-13,19,21,23,26,29,33H,8-9H2,1H3/t19-,21-,23?/m1/s1. The number of fused-ring (bicyclic) bond motifs is 3. The van der Waals surface area contributed by atoms with Gasteiger partial charge in [0.1, 0.15) is 6.33 Å². The van der Waals surface area contributed by atoms with E-state index in [-0.39, 0.29) is 12.3 Å². The number of hydrogen-bond donors (Lipinski definition) is 3. The molecule has 164 valence electrons. The summed E-state index contributed by atoms with van der Waals surface area (Å²) in [6.07, 6.45) is 4.34. The third kappa shape index (κ3) is 3.03. The number of rotatable bonds is 3. The van der Waals surface area contributed by atoms with Crippen LogP contribution in [0.5, 0.6) is 0 Å². The van der Waals surface area contributed by atoms with Crippen molar-refractivity contribution in [1.82, 2.24) is 24.8 Å². The zero-order chi connectivity index (χ0) is 22.5. The number of imidazole rings is 1. The summed E-state index contributed by atoms with van der Waals surface area (Å²) >= 11 is 0. The van der Waals surface area contributed by atoms with Crippen LogP contribution in [0.25, 0.3) is 17.0 Å². The molecule has 0 saturated carbocycles. The van der Waals surface area contributed by atoms with Crippen LogP contribution in [0.2, 0.25) is 0 Å². The summed E-state index contributed by atoms with van der Waals surface area (Å²) in [6.45, 7) is 0. The van der Waals surface area contributed by atoms with Gasteiger partial charge in [-0.3, -0.25) is 9.88 Å². The highest BCUT2D eigenvalue weighted by Crippen LogP contribution is 2.45. The number of nitriles is 1. The van der Waals surface area contributed by atoms with E-state index in [1.807, 2.05) is 31.3 Å². The first-order valence-corrected chi connectivity index (χ1v) is 10.9. The molecule has 1 aliphatic carbocycles. The van der Waals surface area contributed by atoms with E-state index in [0.717, 1.165) is 40.1 Å². The number of nitrogens with zero attached hydrogens (tertiary/aromatic N) is 6. The van der Waals surface area contributed by atoms with Crippen molar-refractivity contribution < 1.29 is 5.11 Å². The fourth-order valence-electron chi connectivity index (χ4n) is 4.93. The number of benzene rings is 2. The van der Waals surface area contributed by atoms with Crippen LogP contribution in [0.1, 0.15) is 41.7 Å². The van der Waals surface area contributed by atoms with Crippen molar-refractivity contribution in [2.75, 3.05) is 17.3 Å². The van der Waals surface area contributed by atoms with Gasteiger partial charge in [-0.15, -0.1) is 0 Å². The summed E-state index contributed by atoms with van der Waals surface area (Å²) in [5, 5.41) is 26.6. The van der Waals surface area contributed by atoms with Crippen LogP contribution >= 0.6 is 0 Å². The van der Waals surface area contributed by atoms with Crippen LogP contribution in [-0.2, 0) is 0 Å². The Morgan fingerprint density at radius 2 is 2.00 bits per heavy atom. The molecule has 0 spiro atoms. The second-order valence-corrected chi connectivity index (χ2v) is 8.32. The van der Waals surface area contributed by atoms with Crippen LogP contribution in [0.3, 0.4) is 0 Å². The van der Waals surface area contributed by atoms with Crippen molar-refractivity contribution in [3.8, 4) is 12.0 Å². The van der Waals surface area contributed by atoms with Crippen LogP contribution in [0, 0.1) is 11.3 Å². The summed E-state index contributed by atoms with van der Waals surface area (Å²) in [4.78, 5) is 16.2. The molecule has 2 aromatic carbocycles. The minimum Gasteiger partial charge on any atom is -0.388 e. The van der Waals surface area contributed by atoms with Crippen molar-refractivity contribution in [1.29, 1.82) is 5.26 Å². The highest BCUT2D eigenvalue weighted by molar-refractivity contribution is 5.79. The summed E-state index contributed by atoms with van der Waals surface area (Å²) in [5.74, 6) is 1.27. The van der Waals surface area contributed by atoms with Gasteiger partial charge in [-0.05, 0) is 49.2 Å². The number of anilines is 2. The fraction of sp³-hybridized carbons (Fsp3) is 0.250. The van der Waals surface area contributed by atoms with Crippen LogP contribution in [0.4, 0.5) is 11.5 Å². The molecule has 0 bridgehead atoms. The van der Waals surface area contributed by atoms with Crippen molar-refractivity contribution >= 4 is 22.5 Å². The Morgan fingerprint density at radius 3 is 2.82 bits per heavy atom. The lowest BCUT2D eigenvalue weighted by Crippen LogP contribution is -2.48. The number of aliphatic hydroxyl groups is 1. The van der Waals surface area contributed by atoms with E-state index in [1.165, 1.54) is 0 Å². The molecule has 3 heterocycles. The minimum atomic E-state index is -0.451. The van der Waals surface area contributed by atoms with Crippen LogP contribution in [-0.4, -0.2) is 38.0 Å². The quantitative estimate of drug-likeness (QED) is 0.447. The zero-order valence-corrected chi connectivity index (χ0v) is 18.0. The Labute approximate surface area is 190 Å². The summed E-state index contributed by atoms with van der Waals surface area (Å²) < 4.78 is 1.81. The molecule has 1 aliphatic heterocycles. The molecule has 2 aromatic heterocycles. The number of aromatic nitrogens is 4. The number of hydrogen-bond acceptors (Lipinski definition) is 8. The van der Waals surface area contributed by atoms with Gasteiger partial charge in [0.15, 0.2) is 12.1 Å². The van der Waals surface area contributed by atoms with Gasteiger partial charge >= 0.3 is 0 Å². The maximum absolute atomic E-state index is 10.5. The molecular formula is C24H22N8O. The average Bonchev–Trinajstić information content (AvgIpc) is 3.45. The highest BCUT2D eigenvalue weighted by Gasteiger charge is 2.39. The second-order valence-electron chi connectivity index (χ2n) is 8.32. The third-order valence-electron chi connectivity index (χ3n) is 6.50. The van der Waals surface area contributed by atoms with E-state index in [0.29, 0.717) is 17.9 Å². The second kappa shape index (κ2) is 7.55. The minimum absolute atomic E-state index is 0.0447. The Balaban J connectivity index is 1.47. The molecule has 4 aromatic rings. The van der Waals surface area contributed by atoms with E-state index >= 15 is 0 Å². The average molecular weight is 438 g/mol. The van der Waals surface area contributed by atoms with Gasteiger partial charge in [-0.2, -0.15) is 10.2 Å². The van der Waals surface area contributed by atoms with Gasteiger partial charge in [0.2, 0.25) is 5.95 Å². The molecule has 0 fully saturated rings. The first-order valence-electron chi connectivity index (χ1n) is 10.9. The zero-order valence-electron chi connectivity index (χ0n) is 18.0.